The van der Waals surface area contributed by atoms with Crippen LogP contribution in [-0.4, -0.2) is 26.7 Å². The standard InChI is InChI=1S/C12H15NO4S/c13-12(9-3-4-18(14,15)6-9)8-1-2-10-11(5-8)17-7-16-10/h1-2,5,9,12H,3-4,6-7,13H2. The van der Waals surface area contributed by atoms with Gasteiger partial charge >= 0.3 is 0 Å². The molecule has 2 atom stereocenters. The van der Waals surface area contributed by atoms with Crippen LogP contribution < -0.4 is 15.2 Å². The molecule has 2 heterocycles. The number of nitrogens with two attached hydrogens (primary N) is 1. The molecule has 1 fully saturated rings. The van der Waals surface area contributed by atoms with Gasteiger partial charge < -0.3 is 15.2 Å². The summed E-state index contributed by atoms with van der Waals surface area (Å²) in [4.78, 5) is 0. The zero-order valence-electron chi connectivity index (χ0n) is 9.83. The normalized spacial score (nSPS) is 26.2. The fraction of sp³-hybridized carbons (Fsp3) is 0.500. The molecule has 0 aliphatic carbocycles. The molecule has 0 bridgehead atoms. The third-order valence-electron chi connectivity index (χ3n) is 3.56. The van der Waals surface area contributed by atoms with E-state index in [1.165, 1.54) is 0 Å². The molecule has 1 saturated heterocycles. The smallest absolute Gasteiger partial charge is 0.231 e. The molecule has 2 unspecified atom stereocenters. The highest BCUT2D eigenvalue weighted by Crippen LogP contribution is 2.37. The molecule has 1 aromatic carbocycles. The Hall–Kier alpha value is -1.27. The minimum absolute atomic E-state index is 0.00429. The molecule has 98 valence electrons. The first-order valence-electron chi connectivity index (χ1n) is 5.91. The average Bonchev–Trinajstić information content (AvgIpc) is 2.93. The Morgan fingerprint density at radius 3 is 2.78 bits per heavy atom. The maximum atomic E-state index is 11.5. The summed E-state index contributed by atoms with van der Waals surface area (Å²) >= 11 is 0. The van der Waals surface area contributed by atoms with E-state index >= 15 is 0 Å². The molecule has 0 saturated carbocycles. The topological polar surface area (TPSA) is 78.6 Å². The summed E-state index contributed by atoms with van der Waals surface area (Å²) in [6.07, 6.45) is 0.637. The zero-order valence-corrected chi connectivity index (χ0v) is 10.7. The first kappa shape index (κ1) is 11.8. The van der Waals surface area contributed by atoms with Crippen molar-refractivity contribution in [2.24, 2.45) is 11.7 Å². The Morgan fingerprint density at radius 2 is 2.06 bits per heavy atom. The third kappa shape index (κ3) is 2.06. The SMILES string of the molecule is NC(c1ccc2c(c1)OCO2)C1CCS(=O)(=O)C1. The highest BCUT2D eigenvalue weighted by molar-refractivity contribution is 7.91. The molecule has 2 aliphatic heterocycles. The highest BCUT2D eigenvalue weighted by atomic mass is 32.2. The van der Waals surface area contributed by atoms with Crippen LogP contribution >= 0.6 is 0 Å². The number of rotatable bonds is 2. The van der Waals surface area contributed by atoms with E-state index in [-0.39, 0.29) is 30.3 Å². The Labute approximate surface area is 106 Å². The summed E-state index contributed by atoms with van der Waals surface area (Å²) in [5.74, 6) is 1.82. The van der Waals surface area contributed by atoms with Crippen molar-refractivity contribution < 1.29 is 17.9 Å². The summed E-state index contributed by atoms with van der Waals surface area (Å²) < 4.78 is 33.5. The van der Waals surface area contributed by atoms with Crippen molar-refractivity contribution in [3.05, 3.63) is 23.8 Å². The van der Waals surface area contributed by atoms with Crippen molar-refractivity contribution in [3.63, 3.8) is 0 Å². The molecule has 2 N–H and O–H groups in total. The van der Waals surface area contributed by atoms with Crippen molar-refractivity contribution in [3.8, 4) is 11.5 Å². The predicted octanol–water partition coefficient (Wildman–Crippen LogP) is 0.850. The van der Waals surface area contributed by atoms with Crippen LogP contribution in [0.25, 0.3) is 0 Å². The van der Waals surface area contributed by atoms with E-state index in [9.17, 15) is 8.42 Å². The van der Waals surface area contributed by atoms with E-state index in [0.29, 0.717) is 17.9 Å². The Balaban J connectivity index is 1.83. The first-order chi connectivity index (χ1) is 8.55. The zero-order chi connectivity index (χ0) is 12.8. The fourth-order valence-corrected chi connectivity index (χ4v) is 4.35. The second-order valence-electron chi connectivity index (χ2n) is 4.80. The largest absolute Gasteiger partial charge is 0.454 e. The quantitative estimate of drug-likeness (QED) is 0.861. The monoisotopic (exact) mass is 269 g/mol. The molecule has 0 radical (unpaired) electrons. The van der Waals surface area contributed by atoms with Crippen LogP contribution in [0.3, 0.4) is 0 Å². The van der Waals surface area contributed by atoms with E-state index in [1.54, 1.807) is 0 Å². The molecule has 18 heavy (non-hydrogen) atoms. The van der Waals surface area contributed by atoms with Crippen molar-refractivity contribution in [2.75, 3.05) is 18.3 Å². The van der Waals surface area contributed by atoms with E-state index in [4.69, 9.17) is 15.2 Å². The van der Waals surface area contributed by atoms with Crippen molar-refractivity contribution in [1.29, 1.82) is 0 Å². The van der Waals surface area contributed by atoms with Crippen molar-refractivity contribution in [2.45, 2.75) is 12.5 Å². The molecule has 6 heteroatoms. The van der Waals surface area contributed by atoms with Crippen LogP contribution in [0.4, 0.5) is 0 Å². The number of hydrogen-bond acceptors (Lipinski definition) is 5. The number of benzene rings is 1. The van der Waals surface area contributed by atoms with Gasteiger partial charge in [-0.05, 0) is 30.0 Å². The van der Waals surface area contributed by atoms with Crippen molar-refractivity contribution >= 4 is 9.84 Å². The number of sulfone groups is 1. The number of fused-ring (bicyclic) bond motifs is 1. The molecular formula is C12H15NO4S. The second-order valence-corrected chi connectivity index (χ2v) is 7.03. The van der Waals surface area contributed by atoms with Crippen LogP contribution in [0.15, 0.2) is 18.2 Å². The van der Waals surface area contributed by atoms with Gasteiger partial charge in [0.2, 0.25) is 6.79 Å². The Kier molecular flexibility index (Phi) is 2.71. The molecule has 0 spiro atoms. The Bertz CT molecular complexity index is 569. The van der Waals surface area contributed by atoms with E-state index in [0.717, 1.165) is 5.56 Å². The van der Waals surface area contributed by atoms with E-state index in [1.807, 2.05) is 18.2 Å². The molecule has 1 aromatic rings. The maximum Gasteiger partial charge on any atom is 0.231 e. The predicted molar refractivity (Wildman–Crippen MR) is 66.3 cm³/mol. The number of hydrogen-bond donors (Lipinski definition) is 1. The molecule has 0 aromatic heterocycles. The summed E-state index contributed by atoms with van der Waals surface area (Å²) in [5, 5.41) is 0. The van der Waals surface area contributed by atoms with Crippen LogP contribution in [0.5, 0.6) is 11.5 Å². The minimum atomic E-state index is -2.90. The van der Waals surface area contributed by atoms with Gasteiger partial charge in [0.1, 0.15) is 0 Å². The van der Waals surface area contributed by atoms with Gasteiger partial charge in [0.15, 0.2) is 21.3 Å². The minimum Gasteiger partial charge on any atom is -0.454 e. The Morgan fingerprint density at radius 1 is 1.28 bits per heavy atom. The van der Waals surface area contributed by atoms with Crippen LogP contribution in [0.2, 0.25) is 0 Å². The average molecular weight is 269 g/mol. The van der Waals surface area contributed by atoms with Gasteiger partial charge in [0.05, 0.1) is 11.5 Å². The summed E-state index contributed by atoms with van der Waals surface area (Å²) in [6, 6.07) is 5.28. The van der Waals surface area contributed by atoms with Gasteiger partial charge in [-0.25, -0.2) is 8.42 Å². The van der Waals surface area contributed by atoms with Gasteiger partial charge in [0, 0.05) is 6.04 Å². The second kappa shape index (κ2) is 4.13. The fourth-order valence-electron chi connectivity index (χ4n) is 2.50. The maximum absolute atomic E-state index is 11.5. The van der Waals surface area contributed by atoms with Crippen LogP contribution in [0.1, 0.15) is 18.0 Å². The third-order valence-corrected chi connectivity index (χ3v) is 5.35. The van der Waals surface area contributed by atoms with Crippen molar-refractivity contribution in [1.82, 2.24) is 0 Å². The van der Waals surface area contributed by atoms with Gasteiger partial charge in [-0.2, -0.15) is 0 Å². The lowest BCUT2D eigenvalue weighted by molar-refractivity contribution is 0.174. The number of ether oxygens (including phenoxy) is 2. The van der Waals surface area contributed by atoms with Gasteiger partial charge in [-0.1, -0.05) is 6.07 Å². The lowest BCUT2D eigenvalue weighted by atomic mass is 9.93. The summed E-state index contributed by atoms with van der Waals surface area (Å²) in [5.41, 5.74) is 7.06. The molecule has 3 rings (SSSR count). The molecule has 2 aliphatic rings. The highest BCUT2D eigenvalue weighted by Gasteiger charge is 2.33. The summed E-state index contributed by atoms with van der Waals surface area (Å²) in [7, 11) is -2.90. The van der Waals surface area contributed by atoms with Gasteiger partial charge in [-0.3, -0.25) is 0 Å². The van der Waals surface area contributed by atoms with Crippen LogP contribution in [0, 0.1) is 5.92 Å². The van der Waals surface area contributed by atoms with Gasteiger partial charge in [-0.15, -0.1) is 0 Å². The van der Waals surface area contributed by atoms with E-state index in [2.05, 4.69) is 0 Å². The summed E-state index contributed by atoms with van der Waals surface area (Å²) in [6.45, 7) is 0.228. The molecular weight excluding hydrogens is 254 g/mol. The first-order valence-corrected chi connectivity index (χ1v) is 7.73. The van der Waals surface area contributed by atoms with E-state index < -0.39 is 9.84 Å². The molecule has 5 nitrogen and oxygen atoms in total. The lowest BCUT2D eigenvalue weighted by Gasteiger charge is -2.18. The van der Waals surface area contributed by atoms with Gasteiger partial charge in [0.25, 0.3) is 0 Å². The lowest BCUT2D eigenvalue weighted by Crippen LogP contribution is -2.22. The molecule has 0 amide bonds. The van der Waals surface area contributed by atoms with Crippen LogP contribution in [-0.2, 0) is 9.84 Å².